The Hall–Kier alpha value is 0.214. The first-order chi connectivity index (χ1) is 2.89. The van der Waals surface area contributed by atoms with E-state index in [4.69, 9.17) is 0 Å². The summed E-state index contributed by atoms with van der Waals surface area (Å²) in [5.74, 6) is 0. The molecule has 0 fully saturated rings. The fraction of sp³-hybridized carbons (Fsp3) is 0.250. The van der Waals surface area contributed by atoms with Gasteiger partial charge in [0, 0.05) is 18.6 Å². The molecule has 7 heavy (non-hydrogen) atoms. The summed E-state index contributed by atoms with van der Waals surface area (Å²) in [6, 6.07) is 0. The molecule has 0 saturated carbocycles. The number of rotatable bonds is 0. The van der Waals surface area contributed by atoms with E-state index in [1.165, 1.54) is 4.88 Å². The molecule has 0 aliphatic heterocycles. The van der Waals surface area contributed by atoms with Gasteiger partial charge < -0.3 is 4.98 Å². The first-order valence-electron chi connectivity index (χ1n) is 1.68. The molecule has 0 atom stereocenters. The van der Waals surface area contributed by atoms with Crippen LogP contribution in [-0.2, 0) is 18.6 Å². The molecule has 0 amide bonds. The molecule has 1 heterocycles. The molecule has 1 aromatic heterocycles. The molecule has 0 aromatic carbocycles. The van der Waals surface area contributed by atoms with E-state index < -0.39 is 0 Å². The van der Waals surface area contributed by atoms with Crippen LogP contribution in [0.25, 0.3) is 0 Å². The van der Waals surface area contributed by atoms with Crippen molar-refractivity contribution in [3.63, 3.8) is 0 Å². The molecule has 0 aliphatic carbocycles. The van der Waals surface area contributed by atoms with Gasteiger partial charge in [0.1, 0.15) is 0 Å². The Kier molecular flexibility index (Phi) is 3.35. The smallest absolute Gasteiger partial charge is 0 e. The van der Waals surface area contributed by atoms with E-state index in [0.29, 0.717) is 0 Å². The molecule has 37 valence electrons. The summed E-state index contributed by atoms with van der Waals surface area (Å²) in [4.78, 5) is 4.93. The molecule has 0 unspecified atom stereocenters. The van der Waals surface area contributed by atoms with Gasteiger partial charge in [-0.3, -0.25) is 11.3 Å². The van der Waals surface area contributed by atoms with E-state index in [-0.39, 0.29) is 18.6 Å². The van der Waals surface area contributed by atoms with Crippen molar-refractivity contribution >= 4 is 11.3 Å². The molecule has 1 aromatic rings. The second-order valence-corrected chi connectivity index (χ2v) is 2.09. The van der Waals surface area contributed by atoms with Crippen LogP contribution in [0.2, 0.25) is 0 Å². The molecular weight excluding hydrogens is 145 g/mol. The molecule has 1 radical (unpaired) electrons. The van der Waals surface area contributed by atoms with Gasteiger partial charge in [0.2, 0.25) is 0 Å². The number of hydrogen-bond acceptors (Lipinski definition) is 2. The van der Waals surface area contributed by atoms with Crippen molar-refractivity contribution in [2.45, 2.75) is 6.92 Å². The minimum Gasteiger partial charge on any atom is -0.394 e. The molecule has 0 spiro atoms. The predicted molar refractivity (Wildman–Crippen MR) is 25.7 cm³/mol. The van der Waals surface area contributed by atoms with Crippen LogP contribution in [0.5, 0.6) is 0 Å². The summed E-state index contributed by atoms with van der Waals surface area (Å²) in [7, 11) is 0. The Balaban J connectivity index is 0.000000360. The number of aryl methyl sites for hydroxylation is 1. The summed E-state index contributed by atoms with van der Waals surface area (Å²) < 4.78 is 0. The van der Waals surface area contributed by atoms with Crippen molar-refractivity contribution in [3.05, 3.63) is 16.6 Å². The molecule has 0 bridgehead atoms. The molecule has 0 N–H and O–H groups in total. The molecule has 3 heteroatoms. The predicted octanol–water partition coefficient (Wildman–Crippen LogP) is 1.25. The fourth-order valence-corrected chi connectivity index (χ4v) is 0.597. The quantitative estimate of drug-likeness (QED) is 0.506. The Bertz CT molecular complexity index is 115. The van der Waals surface area contributed by atoms with E-state index in [1.807, 2.05) is 6.92 Å². The number of nitrogens with zero attached hydrogens (tertiary/aromatic N) is 1. The number of thiazole rings is 1. The fourth-order valence-electron chi connectivity index (χ4n) is 0.242. The van der Waals surface area contributed by atoms with Crippen molar-refractivity contribution in [3.8, 4) is 0 Å². The van der Waals surface area contributed by atoms with Crippen LogP contribution < -0.4 is 0 Å². The molecule has 0 aliphatic rings. The topological polar surface area (TPSA) is 12.9 Å². The van der Waals surface area contributed by atoms with Gasteiger partial charge in [0.15, 0.2) is 0 Å². The molecule has 0 saturated heterocycles. The van der Waals surface area contributed by atoms with E-state index >= 15 is 0 Å². The van der Waals surface area contributed by atoms with E-state index in [2.05, 4.69) is 10.5 Å². The van der Waals surface area contributed by atoms with Crippen molar-refractivity contribution < 1.29 is 18.6 Å². The Morgan fingerprint density at radius 3 is 2.71 bits per heavy atom. The van der Waals surface area contributed by atoms with Gasteiger partial charge in [0.25, 0.3) is 0 Å². The van der Waals surface area contributed by atoms with Crippen LogP contribution in [0, 0.1) is 12.4 Å². The van der Waals surface area contributed by atoms with Crippen LogP contribution in [0.3, 0.4) is 0 Å². The van der Waals surface area contributed by atoms with Crippen LogP contribution >= 0.6 is 11.3 Å². The van der Waals surface area contributed by atoms with Crippen LogP contribution in [0.1, 0.15) is 4.88 Å². The number of hydrogen-bond donors (Lipinski definition) is 0. The average molecular weight is 149 g/mol. The maximum absolute atomic E-state index is 3.72. The van der Waals surface area contributed by atoms with Gasteiger partial charge in [-0.25, -0.2) is 0 Å². The maximum atomic E-state index is 3.72. The molecular formula is C4H4NSV-. The van der Waals surface area contributed by atoms with Crippen molar-refractivity contribution in [1.29, 1.82) is 0 Å². The van der Waals surface area contributed by atoms with Crippen molar-refractivity contribution in [2.24, 2.45) is 0 Å². The SMILES string of the molecule is Cc1cn[c-]s1.[V]. The molecule has 1 rings (SSSR count). The van der Waals surface area contributed by atoms with Gasteiger partial charge in [-0.1, -0.05) is 6.92 Å². The Labute approximate surface area is 58.7 Å². The third-order valence-corrected chi connectivity index (χ3v) is 1.13. The standard InChI is InChI=1S/C4H4NS.V/c1-4-2-5-3-6-4;/h2H,1H3;/q-1;. The minimum atomic E-state index is 0. The first kappa shape index (κ1) is 7.21. The van der Waals surface area contributed by atoms with Crippen LogP contribution in [0.4, 0.5) is 0 Å². The zero-order valence-electron chi connectivity index (χ0n) is 3.88. The first-order valence-corrected chi connectivity index (χ1v) is 2.50. The van der Waals surface area contributed by atoms with E-state index in [1.54, 1.807) is 17.5 Å². The Morgan fingerprint density at radius 2 is 2.57 bits per heavy atom. The second-order valence-electron chi connectivity index (χ2n) is 1.06. The zero-order valence-corrected chi connectivity index (χ0v) is 6.09. The average Bonchev–Trinajstić information content (AvgIpc) is 1.86. The zero-order chi connectivity index (χ0) is 4.41. The summed E-state index contributed by atoms with van der Waals surface area (Å²) >= 11 is 1.54. The largest absolute Gasteiger partial charge is 0.394 e. The maximum Gasteiger partial charge on any atom is 0 e. The van der Waals surface area contributed by atoms with E-state index in [9.17, 15) is 0 Å². The Morgan fingerprint density at radius 1 is 1.86 bits per heavy atom. The van der Waals surface area contributed by atoms with Crippen molar-refractivity contribution in [1.82, 2.24) is 4.98 Å². The summed E-state index contributed by atoms with van der Waals surface area (Å²) in [6.07, 6.45) is 1.80. The monoisotopic (exact) mass is 149 g/mol. The second kappa shape index (κ2) is 3.25. The third-order valence-electron chi connectivity index (χ3n) is 0.506. The summed E-state index contributed by atoms with van der Waals surface area (Å²) in [5, 5.41) is 0. The van der Waals surface area contributed by atoms with Gasteiger partial charge in [-0.05, 0) is 5.51 Å². The third kappa shape index (κ3) is 2.12. The van der Waals surface area contributed by atoms with Gasteiger partial charge in [-0.15, -0.1) is 11.1 Å². The normalized spacial score (nSPS) is 7.57. The number of aromatic nitrogens is 1. The summed E-state index contributed by atoms with van der Waals surface area (Å²) in [6.45, 7) is 2.01. The van der Waals surface area contributed by atoms with Gasteiger partial charge in [-0.2, -0.15) is 0 Å². The van der Waals surface area contributed by atoms with Crippen LogP contribution in [0.15, 0.2) is 6.20 Å². The van der Waals surface area contributed by atoms with Gasteiger partial charge >= 0.3 is 0 Å². The van der Waals surface area contributed by atoms with Crippen molar-refractivity contribution in [2.75, 3.05) is 0 Å². The van der Waals surface area contributed by atoms with E-state index in [0.717, 1.165) is 0 Å². The van der Waals surface area contributed by atoms with Gasteiger partial charge in [0.05, 0.1) is 0 Å². The summed E-state index contributed by atoms with van der Waals surface area (Å²) in [5.41, 5.74) is 2.72. The molecule has 1 nitrogen and oxygen atoms in total. The van der Waals surface area contributed by atoms with Crippen LogP contribution in [-0.4, -0.2) is 4.98 Å². The minimum absolute atomic E-state index is 0.